The summed E-state index contributed by atoms with van der Waals surface area (Å²) in [5.74, 6) is 1.64. The van der Waals surface area contributed by atoms with Gasteiger partial charge in [0, 0.05) is 28.9 Å². The number of hydrogen-bond donors (Lipinski definition) is 1. The smallest absolute Gasteiger partial charge is 0.335 e. The molecule has 0 saturated heterocycles. The topological polar surface area (TPSA) is 63.6 Å². The van der Waals surface area contributed by atoms with E-state index in [-0.39, 0.29) is 11.9 Å². The Balaban J connectivity index is 1.27. The Labute approximate surface area is 227 Å². The summed E-state index contributed by atoms with van der Waals surface area (Å²) in [5, 5.41) is 9.43. The highest BCUT2D eigenvalue weighted by Crippen LogP contribution is 2.45. The van der Waals surface area contributed by atoms with E-state index in [4.69, 9.17) is 4.74 Å². The van der Waals surface area contributed by atoms with E-state index < -0.39 is 11.4 Å². The Morgan fingerprint density at radius 2 is 1.39 bits per heavy atom. The average Bonchev–Trinajstić information content (AvgIpc) is 3.21. The lowest BCUT2D eigenvalue weighted by molar-refractivity contribution is -0.152. The summed E-state index contributed by atoms with van der Waals surface area (Å²) in [6, 6.07) is 22.3. The molecule has 0 spiro atoms. The van der Waals surface area contributed by atoms with E-state index in [1.165, 1.54) is 22.3 Å². The Morgan fingerprint density at radius 3 is 1.92 bits per heavy atom. The SMILES string of the molecule is CC1(C(=O)OCC2c3ccccc3-c3ccccc32)CSSCc2cc(cc(C(=O)O)c2)CSSC1. The van der Waals surface area contributed by atoms with Crippen molar-refractivity contribution in [3.8, 4) is 11.1 Å². The fraction of sp³-hybridized carbons (Fsp3) is 0.286. The van der Waals surface area contributed by atoms with E-state index >= 15 is 0 Å². The molecule has 5 rings (SSSR count). The molecule has 1 aliphatic heterocycles. The van der Waals surface area contributed by atoms with Crippen molar-refractivity contribution in [3.63, 3.8) is 0 Å². The fourth-order valence-corrected chi connectivity index (χ4v) is 9.95. The van der Waals surface area contributed by atoms with Crippen LogP contribution >= 0.6 is 43.2 Å². The van der Waals surface area contributed by atoms with Gasteiger partial charge in [-0.15, -0.1) is 0 Å². The van der Waals surface area contributed by atoms with E-state index in [2.05, 4.69) is 42.5 Å². The third-order valence-corrected chi connectivity index (χ3v) is 11.7. The van der Waals surface area contributed by atoms with Gasteiger partial charge in [0.15, 0.2) is 0 Å². The van der Waals surface area contributed by atoms with Gasteiger partial charge in [0.1, 0.15) is 6.61 Å². The lowest BCUT2D eigenvalue weighted by atomic mass is 9.95. The zero-order chi connectivity index (χ0) is 25.1. The molecule has 0 atom stereocenters. The van der Waals surface area contributed by atoms with Crippen LogP contribution in [0.2, 0.25) is 0 Å². The maximum atomic E-state index is 13.5. The fourth-order valence-electron chi connectivity index (χ4n) is 4.55. The minimum Gasteiger partial charge on any atom is -0.478 e. The van der Waals surface area contributed by atoms with Crippen molar-refractivity contribution in [2.45, 2.75) is 24.3 Å². The van der Waals surface area contributed by atoms with Gasteiger partial charge in [-0.25, -0.2) is 4.79 Å². The molecule has 0 saturated carbocycles. The number of hydrogen-bond acceptors (Lipinski definition) is 7. The predicted molar refractivity (Wildman–Crippen MR) is 154 cm³/mol. The summed E-state index contributed by atoms with van der Waals surface area (Å²) in [5.41, 5.74) is 6.58. The number of carboxylic acids is 1. The molecule has 0 fully saturated rings. The first-order valence-corrected chi connectivity index (χ1v) is 16.6. The van der Waals surface area contributed by atoms with Crippen LogP contribution in [0.25, 0.3) is 11.1 Å². The van der Waals surface area contributed by atoms with Gasteiger partial charge >= 0.3 is 11.9 Å². The molecule has 1 heterocycles. The molecule has 0 amide bonds. The first-order valence-electron chi connectivity index (χ1n) is 11.6. The molecule has 0 radical (unpaired) electrons. The summed E-state index contributed by atoms with van der Waals surface area (Å²) >= 11 is 0. The zero-order valence-electron chi connectivity index (χ0n) is 19.8. The molecule has 3 aromatic rings. The highest BCUT2D eigenvalue weighted by molar-refractivity contribution is 8.77. The third-order valence-electron chi connectivity index (χ3n) is 6.51. The minimum atomic E-state index is -0.900. The van der Waals surface area contributed by atoms with Gasteiger partial charge in [-0.3, -0.25) is 4.79 Å². The summed E-state index contributed by atoms with van der Waals surface area (Å²) < 4.78 is 6.04. The molecule has 2 bridgehead atoms. The van der Waals surface area contributed by atoms with Crippen LogP contribution < -0.4 is 0 Å². The van der Waals surface area contributed by atoms with Crippen LogP contribution in [0.1, 0.15) is 45.5 Å². The number of esters is 1. The zero-order valence-corrected chi connectivity index (χ0v) is 23.0. The summed E-state index contributed by atoms with van der Waals surface area (Å²) in [4.78, 5) is 25.0. The second-order valence-electron chi connectivity index (χ2n) is 9.28. The number of ether oxygens (including phenoxy) is 1. The highest BCUT2D eigenvalue weighted by Gasteiger charge is 2.37. The number of carboxylic acid groups (broad SMARTS) is 1. The lowest BCUT2D eigenvalue weighted by Gasteiger charge is -2.27. The number of carbonyl (C=O) groups is 2. The van der Waals surface area contributed by atoms with Crippen molar-refractivity contribution in [2.75, 3.05) is 18.1 Å². The van der Waals surface area contributed by atoms with Crippen molar-refractivity contribution < 1.29 is 19.4 Å². The van der Waals surface area contributed by atoms with E-state index in [9.17, 15) is 14.7 Å². The summed E-state index contributed by atoms with van der Waals surface area (Å²) in [7, 11) is 6.61. The largest absolute Gasteiger partial charge is 0.478 e. The Bertz CT molecular complexity index is 1220. The second-order valence-corrected chi connectivity index (χ2v) is 14.2. The monoisotopic (exact) mass is 554 g/mol. The van der Waals surface area contributed by atoms with Gasteiger partial charge in [0.05, 0.1) is 11.0 Å². The number of rotatable bonds is 4. The molecular weight excluding hydrogens is 529 g/mol. The van der Waals surface area contributed by atoms with Crippen LogP contribution in [0.5, 0.6) is 0 Å². The van der Waals surface area contributed by atoms with Crippen molar-refractivity contribution >= 4 is 55.1 Å². The molecule has 8 heteroatoms. The quantitative estimate of drug-likeness (QED) is 0.262. The standard InChI is InChI=1S/C28H26O4S4/c1-28(16-35-33-14-18-10-19(15-34-36-17-28)12-20(11-18)26(29)30)27(31)32-13-25-23-8-4-2-6-21(23)22-7-3-5-9-24(22)25/h2-12,25H,13-17H2,1H3,(H,29,30). The van der Waals surface area contributed by atoms with Crippen LogP contribution in [-0.2, 0) is 21.0 Å². The van der Waals surface area contributed by atoms with Gasteiger partial charge in [-0.1, -0.05) is 97.8 Å². The van der Waals surface area contributed by atoms with Gasteiger partial charge < -0.3 is 9.84 Å². The summed E-state index contributed by atoms with van der Waals surface area (Å²) in [6.45, 7) is 2.33. The van der Waals surface area contributed by atoms with Gasteiger partial charge in [0.25, 0.3) is 0 Å². The highest BCUT2D eigenvalue weighted by atomic mass is 33.1. The number of aromatic carboxylic acids is 1. The molecule has 2 aliphatic rings. The maximum Gasteiger partial charge on any atom is 0.335 e. The number of benzene rings is 3. The van der Waals surface area contributed by atoms with Crippen molar-refractivity contribution in [2.24, 2.45) is 5.41 Å². The molecule has 4 nitrogen and oxygen atoms in total. The van der Waals surface area contributed by atoms with Gasteiger partial charge in [0.2, 0.25) is 0 Å². The van der Waals surface area contributed by atoms with Gasteiger partial charge in [-0.05, 0) is 52.4 Å². The van der Waals surface area contributed by atoms with Crippen LogP contribution in [-0.4, -0.2) is 35.2 Å². The maximum absolute atomic E-state index is 13.5. The van der Waals surface area contributed by atoms with Crippen LogP contribution in [0.3, 0.4) is 0 Å². The van der Waals surface area contributed by atoms with E-state index in [0.29, 0.717) is 35.2 Å². The van der Waals surface area contributed by atoms with Gasteiger partial charge in [-0.2, -0.15) is 0 Å². The molecule has 3 aromatic carbocycles. The van der Waals surface area contributed by atoms with E-state index in [1.54, 1.807) is 55.3 Å². The molecule has 1 N–H and O–H groups in total. The first kappa shape index (κ1) is 25.6. The van der Waals surface area contributed by atoms with Crippen molar-refractivity contribution in [1.82, 2.24) is 0 Å². The Morgan fingerprint density at radius 1 is 0.861 bits per heavy atom. The lowest BCUT2D eigenvalue weighted by Crippen LogP contribution is -2.35. The minimum absolute atomic E-state index is 0.0497. The molecule has 0 aromatic heterocycles. The normalized spacial score (nSPS) is 17.2. The van der Waals surface area contributed by atoms with Crippen LogP contribution in [0.15, 0.2) is 66.7 Å². The van der Waals surface area contributed by atoms with Crippen LogP contribution in [0, 0.1) is 5.41 Å². The Kier molecular flexibility index (Phi) is 7.96. The number of fused-ring (bicyclic) bond motifs is 5. The second kappa shape index (κ2) is 11.2. The molecule has 0 unspecified atom stereocenters. The molecular formula is C28H26O4S4. The first-order chi connectivity index (χ1) is 17.4. The Hall–Kier alpha value is -2.00. The van der Waals surface area contributed by atoms with Crippen molar-refractivity contribution in [1.29, 1.82) is 0 Å². The summed E-state index contributed by atoms with van der Waals surface area (Å²) in [6.07, 6.45) is 0. The van der Waals surface area contributed by atoms with E-state index in [0.717, 1.165) is 11.1 Å². The average molecular weight is 555 g/mol. The third kappa shape index (κ3) is 5.47. The molecule has 1 aliphatic carbocycles. The molecule has 36 heavy (non-hydrogen) atoms. The number of carbonyl (C=O) groups excluding carboxylic acids is 1. The predicted octanol–water partition coefficient (Wildman–Crippen LogP) is 7.52. The molecule has 186 valence electrons. The van der Waals surface area contributed by atoms with Crippen LogP contribution in [0.4, 0.5) is 0 Å². The van der Waals surface area contributed by atoms with E-state index in [1.807, 2.05) is 19.1 Å². The van der Waals surface area contributed by atoms with Crippen molar-refractivity contribution in [3.05, 3.63) is 94.5 Å².